The number of rotatable bonds is 3. The van der Waals surface area contributed by atoms with Crippen molar-refractivity contribution in [2.24, 2.45) is 0 Å². The van der Waals surface area contributed by atoms with Crippen LogP contribution in [0, 0.1) is 11.8 Å². The van der Waals surface area contributed by atoms with Gasteiger partial charge < -0.3 is 10.4 Å². The molecule has 0 aliphatic heterocycles. The molecule has 0 bridgehead atoms. The molecule has 0 aliphatic carbocycles. The van der Waals surface area contributed by atoms with Crippen molar-refractivity contribution in [1.29, 1.82) is 0 Å². The maximum atomic E-state index is 12.1. The van der Waals surface area contributed by atoms with Crippen LogP contribution in [0.15, 0.2) is 48.5 Å². The first-order valence-corrected chi connectivity index (χ1v) is 6.83. The van der Waals surface area contributed by atoms with Crippen molar-refractivity contribution in [3.8, 4) is 11.8 Å². The van der Waals surface area contributed by atoms with Crippen LogP contribution in [0.1, 0.15) is 28.4 Å². The molecular formula is C18H17NO2. The third kappa shape index (κ3) is 4.20. The van der Waals surface area contributed by atoms with E-state index in [0.29, 0.717) is 11.3 Å². The first kappa shape index (κ1) is 14.8. The molecule has 2 aromatic carbocycles. The topological polar surface area (TPSA) is 49.3 Å². The average Bonchev–Trinajstić information content (AvgIpc) is 2.54. The molecule has 1 amide bonds. The van der Waals surface area contributed by atoms with Crippen LogP contribution in [0.2, 0.25) is 0 Å². The normalized spacial score (nSPS) is 9.62. The SMILES string of the molecule is CCc1ccc(C(=O)Nc2ccc(C#CCO)cc2)cc1. The summed E-state index contributed by atoms with van der Waals surface area (Å²) in [6.07, 6.45) is 0.957. The molecule has 21 heavy (non-hydrogen) atoms. The lowest BCUT2D eigenvalue weighted by atomic mass is 10.1. The Bertz CT molecular complexity index is 661. The number of anilines is 1. The summed E-state index contributed by atoms with van der Waals surface area (Å²) in [7, 11) is 0. The summed E-state index contributed by atoms with van der Waals surface area (Å²) in [5, 5.41) is 11.5. The quantitative estimate of drug-likeness (QED) is 0.849. The molecule has 3 nitrogen and oxygen atoms in total. The number of aliphatic hydroxyl groups is 1. The summed E-state index contributed by atoms with van der Waals surface area (Å²) < 4.78 is 0. The molecule has 0 fully saturated rings. The number of nitrogens with one attached hydrogen (secondary N) is 1. The Labute approximate surface area is 124 Å². The highest BCUT2D eigenvalue weighted by atomic mass is 16.2. The number of amides is 1. The van der Waals surface area contributed by atoms with E-state index in [9.17, 15) is 4.79 Å². The van der Waals surface area contributed by atoms with Crippen LogP contribution < -0.4 is 5.32 Å². The molecule has 0 aromatic heterocycles. The lowest BCUT2D eigenvalue weighted by molar-refractivity contribution is 0.102. The molecule has 2 aromatic rings. The first-order valence-electron chi connectivity index (χ1n) is 6.83. The van der Waals surface area contributed by atoms with Gasteiger partial charge in [-0.15, -0.1) is 0 Å². The molecule has 0 heterocycles. The van der Waals surface area contributed by atoms with E-state index >= 15 is 0 Å². The minimum Gasteiger partial charge on any atom is -0.384 e. The van der Waals surface area contributed by atoms with Crippen LogP contribution in [-0.4, -0.2) is 17.6 Å². The van der Waals surface area contributed by atoms with E-state index in [1.165, 1.54) is 5.56 Å². The van der Waals surface area contributed by atoms with Crippen molar-refractivity contribution in [3.63, 3.8) is 0 Å². The summed E-state index contributed by atoms with van der Waals surface area (Å²) in [5.41, 5.74) is 3.36. The predicted molar refractivity (Wildman–Crippen MR) is 84.2 cm³/mol. The lowest BCUT2D eigenvalue weighted by Gasteiger charge is -2.06. The summed E-state index contributed by atoms with van der Waals surface area (Å²) in [4.78, 5) is 12.1. The van der Waals surface area contributed by atoms with Crippen LogP contribution in [0.3, 0.4) is 0 Å². The van der Waals surface area contributed by atoms with Crippen LogP contribution in [0.5, 0.6) is 0 Å². The van der Waals surface area contributed by atoms with Gasteiger partial charge in [0.15, 0.2) is 0 Å². The van der Waals surface area contributed by atoms with Gasteiger partial charge in [-0.1, -0.05) is 30.9 Å². The molecule has 0 saturated heterocycles. The highest BCUT2D eigenvalue weighted by Gasteiger charge is 2.05. The second-order valence-electron chi connectivity index (χ2n) is 4.54. The van der Waals surface area contributed by atoms with Crippen LogP contribution in [0.25, 0.3) is 0 Å². The van der Waals surface area contributed by atoms with Crippen LogP contribution >= 0.6 is 0 Å². The largest absolute Gasteiger partial charge is 0.384 e. The predicted octanol–water partition coefficient (Wildman–Crippen LogP) is 2.85. The van der Waals surface area contributed by atoms with Gasteiger partial charge in [-0.25, -0.2) is 0 Å². The van der Waals surface area contributed by atoms with Crippen molar-refractivity contribution in [2.75, 3.05) is 11.9 Å². The van der Waals surface area contributed by atoms with E-state index in [2.05, 4.69) is 24.1 Å². The zero-order chi connectivity index (χ0) is 15.1. The Balaban J connectivity index is 2.04. The Morgan fingerprint density at radius 3 is 2.33 bits per heavy atom. The van der Waals surface area contributed by atoms with Crippen molar-refractivity contribution in [2.45, 2.75) is 13.3 Å². The molecular weight excluding hydrogens is 262 g/mol. The highest BCUT2D eigenvalue weighted by Crippen LogP contribution is 2.12. The number of hydrogen-bond acceptors (Lipinski definition) is 2. The van der Waals surface area contributed by atoms with Crippen molar-refractivity contribution in [1.82, 2.24) is 0 Å². The second kappa shape index (κ2) is 7.28. The fraction of sp³-hybridized carbons (Fsp3) is 0.167. The average molecular weight is 279 g/mol. The van der Waals surface area contributed by atoms with Crippen molar-refractivity contribution >= 4 is 11.6 Å². The van der Waals surface area contributed by atoms with E-state index < -0.39 is 0 Å². The summed E-state index contributed by atoms with van der Waals surface area (Å²) >= 11 is 0. The van der Waals surface area contributed by atoms with Crippen molar-refractivity contribution in [3.05, 3.63) is 65.2 Å². The third-order valence-corrected chi connectivity index (χ3v) is 3.08. The molecule has 0 atom stereocenters. The van der Waals surface area contributed by atoms with E-state index in [-0.39, 0.29) is 12.5 Å². The zero-order valence-corrected chi connectivity index (χ0v) is 11.9. The van der Waals surface area contributed by atoms with Crippen LogP contribution in [0.4, 0.5) is 5.69 Å². The zero-order valence-electron chi connectivity index (χ0n) is 11.9. The van der Waals surface area contributed by atoms with Crippen molar-refractivity contribution < 1.29 is 9.90 Å². The maximum absolute atomic E-state index is 12.1. The van der Waals surface area contributed by atoms with Gasteiger partial charge in [0.05, 0.1) is 0 Å². The fourth-order valence-corrected chi connectivity index (χ4v) is 1.87. The smallest absolute Gasteiger partial charge is 0.255 e. The number of carbonyl (C=O) groups excluding carboxylic acids is 1. The Kier molecular flexibility index (Phi) is 5.14. The third-order valence-electron chi connectivity index (χ3n) is 3.08. The Hall–Kier alpha value is -2.57. The molecule has 3 heteroatoms. The molecule has 0 saturated carbocycles. The number of carbonyl (C=O) groups is 1. The van der Waals surface area contributed by atoms with E-state index in [4.69, 9.17) is 5.11 Å². The first-order chi connectivity index (χ1) is 10.2. The van der Waals surface area contributed by atoms with E-state index in [0.717, 1.165) is 12.0 Å². The second-order valence-corrected chi connectivity index (χ2v) is 4.54. The summed E-state index contributed by atoms with van der Waals surface area (Å²) in [6, 6.07) is 14.8. The molecule has 0 spiro atoms. The monoisotopic (exact) mass is 279 g/mol. The minimum absolute atomic E-state index is 0.133. The summed E-state index contributed by atoms with van der Waals surface area (Å²) in [6.45, 7) is 1.92. The number of hydrogen-bond donors (Lipinski definition) is 2. The Morgan fingerprint density at radius 1 is 1.10 bits per heavy atom. The van der Waals surface area contributed by atoms with Gasteiger partial charge in [0, 0.05) is 16.8 Å². The molecule has 106 valence electrons. The van der Waals surface area contributed by atoms with E-state index in [1.807, 2.05) is 24.3 Å². The molecule has 0 radical (unpaired) electrons. The number of aliphatic hydroxyl groups excluding tert-OH is 1. The van der Waals surface area contributed by atoms with Gasteiger partial charge in [-0.05, 0) is 48.4 Å². The minimum atomic E-state index is -0.160. The molecule has 0 aliphatic rings. The maximum Gasteiger partial charge on any atom is 0.255 e. The van der Waals surface area contributed by atoms with Gasteiger partial charge in [0.25, 0.3) is 5.91 Å². The van der Waals surface area contributed by atoms with Gasteiger partial charge in [0.2, 0.25) is 0 Å². The molecule has 0 unspecified atom stereocenters. The van der Waals surface area contributed by atoms with Gasteiger partial charge in [-0.2, -0.15) is 0 Å². The molecule has 2 rings (SSSR count). The highest BCUT2D eigenvalue weighted by molar-refractivity contribution is 6.04. The van der Waals surface area contributed by atoms with Gasteiger partial charge >= 0.3 is 0 Å². The van der Waals surface area contributed by atoms with Gasteiger partial charge in [-0.3, -0.25) is 4.79 Å². The number of aryl methyl sites for hydroxylation is 1. The Morgan fingerprint density at radius 2 is 1.76 bits per heavy atom. The standard InChI is InChI=1S/C18H17NO2/c1-2-14-5-9-16(10-6-14)18(21)19-17-11-7-15(8-12-17)4-3-13-20/h5-12,20H,2,13H2,1H3,(H,19,21). The van der Waals surface area contributed by atoms with Crippen LogP contribution in [-0.2, 0) is 6.42 Å². The summed E-state index contributed by atoms with van der Waals surface area (Å²) in [5.74, 6) is 5.25. The molecule has 2 N–H and O–H groups in total. The number of benzene rings is 2. The lowest BCUT2D eigenvalue weighted by Crippen LogP contribution is -2.11. The van der Waals surface area contributed by atoms with Gasteiger partial charge in [0.1, 0.15) is 6.61 Å². The fourth-order valence-electron chi connectivity index (χ4n) is 1.87. The van der Waals surface area contributed by atoms with E-state index in [1.54, 1.807) is 24.3 Å².